The van der Waals surface area contributed by atoms with Gasteiger partial charge in [0, 0.05) is 0 Å². The van der Waals surface area contributed by atoms with Crippen LogP contribution in [-0.2, 0) is 5.25 Å². The molecule has 0 saturated carbocycles. The Morgan fingerprint density at radius 2 is 1.15 bits per heavy atom. The zero-order chi connectivity index (χ0) is 18.2. The van der Waals surface area contributed by atoms with Crippen molar-refractivity contribution in [2.24, 2.45) is 0 Å². The van der Waals surface area contributed by atoms with Crippen LogP contribution in [0.25, 0.3) is 6.08 Å². The summed E-state index contributed by atoms with van der Waals surface area (Å²) in [5.41, 5.74) is 2.97. The third kappa shape index (κ3) is 2.93. The molecule has 4 rings (SSSR count). The van der Waals surface area contributed by atoms with Crippen LogP contribution in [0.5, 0.6) is 0 Å². The molecule has 0 aromatic heterocycles. The monoisotopic (exact) mass is 416 g/mol. The number of hydrogen-bond acceptors (Lipinski definition) is 0. The van der Waals surface area contributed by atoms with E-state index in [4.69, 9.17) is 0 Å². The predicted molar refractivity (Wildman–Crippen MR) is 119 cm³/mol. The molecule has 1 heterocycles. The molecule has 0 unspecified atom stereocenters. The second kappa shape index (κ2) is 6.71. The second-order valence-electron chi connectivity index (χ2n) is 8.32. The minimum atomic E-state index is -2.71. The molecule has 3 aromatic rings. The molecular weight excluding hydrogens is 389 g/mol. The average Bonchev–Trinajstić information content (AvgIpc) is 2.67. The fourth-order valence-corrected chi connectivity index (χ4v) is 25.5. The van der Waals surface area contributed by atoms with Crippen molar-refractivity contribution in [3.05, 3.63) is 100 Å². The van der Waals surface area contributed by atoms with E-state index < -0.39 is 21.3 Å². The van der Waals surface area contributed by atoms with Crippen LogP contribution in [0.2, 0.25) is 19.6 Å². The molecule has 1 aliphatic rings. The first-order valence-corrected chi connectivity index (χ1v) is 17.6. The fraction of sp³-hybridized carbons (Fsp3) is 0.167. The van der Waals surface area contributed by atoms with Crippen molar-refractivity contribution in [3.8, 4) is 0 Å². The Labute approximate surface area is 161 Å². The Morgan fingerprint density at radius 1 is 0.654 bits per heavy atom. The summed E-state index contributed by atoms with van der Waals surface area (Å²) in [6.07, 6.45) is 2.59. The zero-order valence-corrected chi connectivity index (χ0v) is 19.0. The van der Waals surface area contributed by atoms with Crippen molar-refractivity contribution in [1.29, 1.82) is 0 Å². The third-order valence-corrected chi connectivity index (χ3v) is 24.0. The average molecular weight is 415 g/mol. The van der Waals surface area contributed by atoms with Crippen molar-refractivity contribution < 1.29 is 0 Å². The SMILES string of the molecule is C[Si](C)(C)[C]1=Cc2ccccc2[CH2][Ge]1([c]1ccccc1)[c]1ccccc1. The van der Waals surface area contributed by atoms with Gasteiger partial charge < -0.3 is 0 Å². The van der Waals surface area contributed by atoms with Crippen LogP contribution < -0.4 is 8.79 Å². The molecule has 0 aliphatic carbocycles. The van der Waals surface area contributed by atoms with Crippen LogP contribution >= 0.6 is 0 Å². The summed E-state index contributed by atoms with van der Waals surface area (Å²) in [7, 11) is -1.48. The van der Waals surface area contributed by atoms with E-state index in [-0.39, 0.29) is 0 Å². The van der Waals surface area contributed by atoms with Gasteiger partial charge in [0.15, 0.2) is 0 Å². The normalized spacial score (nSPS) is 15.9. The minimum absolute atomic E-state index is 1.22. The molecule has 0 nitrogen and oxygen atoms in total. The summed E-state index contributed by atoms with van der Waals surface area (Å²) in [5, 5.41) is 1.22. The van der Waals surface area contributed by atoms with Crippen molar-refractivity contribution in [2.75, 3.05) is 0 Å². The van der Waals surface area contributed by atoms with Crippen LogP contribution in [0.4, 0.5) is 0 Å². The number of rotatable bonds is 3. The van der Waals surface area contributed by atoms with Crippen molar-refractivity contribution in [1.82, 2.24) is 0 Å². The molecule has 0 amide bonds. The van der Waals surface area contributed by atoms with Gasteiger partial charge in [0.05, 0.1) is 0 Å². The Morgan fingerprint density at radius 3 is 1.69 bits per heavy atom. The predicted octanol–water partition coefficient (Wildman–Crippen LogP) is 4.85. The molecule has 130 valence electrons. The maximum absolute atomic E-state index is 2.71. The molecular formula is C24H26GeSi. The van der Waals surface area contributed by atoms with Gasteiger partial charge in [0.2, 0.25) is 0 Å². The zero-order valence-electron chi connectivity index (χ0n) is 15.9. The van der Waals surface area contributed by atoms with Gasteiger partial charge in [-0.3, -0.25) is 0 Å². The van der Waals surface area contributed by atoms with Gasteiger partial charge in [-0.15, -0.1) is 0 Å². The van der Waals surface area contributed by atoms with Crippen LogP contribution in [0, 0.1) is 0 Å². The molecule has 2 heteroatoms. The molecule has 0 fully saturated rings. The summed E-state index contributed by atoms with van der Waals surface area (Å²) < 4.78 is 5.01. The molecule has 0 saturated heterocycles. The Bertz CT molecular complexity index is 897. The van der Waals surface area contributed by atoms with Crippen LogP contribution in [0.3, 0.4) is 0 Å². The van der Waals surface area contributed by atoms with E-state index >= 15 is 0 Å². The molecule has 0 bridgehead atoms. The molecule has 0 spiro atoms. The number of fused-ring (bicyclic) bond motifs is 1. The summed E-state index contributed by atoms with van der Waals surface area (Å²) in [6, 6.07) is 31.8. The van der Waals surface area contributed by atoms with Gasteiger partial charge in [-0.05, 0) is 0 Å². The first-order valence-electron chi connectivity index (χ1n) is 9.43. The first-order chi connectivity index (χ1) is 12.5. The summed E-state index contributed by atoms with van der Waals surface area (Å²) in [6.45, 7) is 7.58. The molecule has 26 heavy (non-hydrogen) atoms. The topological polar surface area (TPSA) is 0 Å². The van der Waals surface area contributed by atoms with E-state index in [0.717, 1.165) is 0 Å². The van der Waals surface area contributed by atoms with Crippen molar-refractivity contribution in [2.45, 2.75) is 24.9 Å². The molecule has 0 atom stereocenters. The standard InChI is InChI=1S/C24H26GeSi/c1-26(2,3)24-18-20-12-10-11-13-21(20)19-25(24,22-14-6-4-7-15-22)23-16-8-5-9-17-23/h4-18H,19H2,1-3H3. The maximum atomic E-state index is 2.59. The van der Waals surface area contributed by atoms with Crippen LogP contribution in [0.15, 0.2) is 89.0 Å². The Hall–Kier alpha value is -1.84. The Balaban J connectivity index is 2.07. The fourth-order valence-electron chi connectivity index (χ4n) is 4.48. The third-order valence-electron chi connectivity index (χ3n) is 5.61. The van der Waals surface area contributed by atoms with Crippen molar-refractivity contribution in [3.63, 3.8) is 0 Å². The van der Waals surface area contributed by atoms with E-state index in [0.29, 0.717) is 0 Å². The van der Waals surface area contributed by atoms with E-state index in [2.05, 4.69) is 111 Å². The molecule has 1 aliphatic heterocycles. The van der Waals surface area contributed by atoms with E-state index in [9.17, 15) is 0 Å². The summed E-state index contributed by atoms with van der Waals surface area (Å²) >= 11 is -2.71. The van der Waals surface area contributed by atoms with Gasteiger partial charge >= 0.3 is 161 Å². The van der Waals surface area contributed by atoms with Crippen molar-refractivity contribution >= 4 is 36.2 Å². The van der Waals surface area contributed by atoms with Crippen LogP contribution in [-0.4, -0.2) is 21.3 Å². The van der Waals surface area contributed by atoms with E-state index in [1.54, 1.807) is 8.79 Å². The number of benzene rings is 3. The first kappa shape index (κ1) is 17.6. The molecule has 0 N–H and O–H groups in total. The summed E-state index contributed by atoms with van der Waals surface area (Å²) in [4.78, 5) is 0. The van der Waals surface area contributed by atoms with Crippen LogP contribution in [0.1, 0.15) is 11.1 Å². The second-order valence-corrected chi connectivity index (χ2v) is 22.5. The van der Waals surface area contributed by atoms with E-state index in [1.807, 2.05) is 4.03 Å². The summed E-state index contributed by atoms with van der Waals surface area (Å²) in [5.74, 6) is 0. The molecule has 3 aromatic carbocycles. The number of hydrogen-bond donors (Lipinski definition) is 0. The Kier molecular flexibility index (Phi) is 4.54. The van der Waals surface area contributed by atoms with Gasteiger partial charge in [-0.25, -0.2) is 0 Å². The van der Waals surface area contributed by atoms with Gasteiger partial charge in [-0.1, -0.05) is 0 Å². The van der Waals surface area contributed by atoms with Gasteiger partial charge in [-0.2, -0.15) is 0 Å². The quantitative estimate of drug-likeness (QED) is 0.537. The van der Waals surface area contributed by atoms with E-state index in [1.165, 1.54) is 16.4 Å². The van der Waals surface area contributed by atoms with Gasteiger partial charge in [0.1, 0.15) is 0 Å². The molecule has 0 radical (unpaired) electrons. The van der Waals surface area contributed by atoms with Gasteiger partial charge in [0.25, 0.3) is 0 Å².